The van der Waals surface area contributed by atoms with E-state index in [2.05, 4.69) is 0 Å². The number of benzene rings is 2. The Bertz CT molecular complexity index is 998. The number of hydrogen-bond donors (Lipinski definition) is 1. The Morgan fingerprint density at radius 1 is 1.00 bits per heavy atom. The Kier molecular flexibility index (Phi) is 4.84. The van der Waals surface area contributed by atoms with Crippen LogP contribution in [0, 0.1) is 5.82 Å². The third kappa shape index (κ3) is 3.28. The van der Waals surface area contributed by atoms with Crippen LogP contribution in [0.15, 0.2) is 53.3 Å². The topological polar surface area (TPSA) is 42.2 Å². The van der Waals surface area contributed by atoms with Crippen LogP contribution in [0.25, 0.3) is 22.4 Å². The summed E-state index contributed by atoms with van der Waals surface area (Å²) in [5.41, 5.74) is 1.98. The van der Waals surface area contributed by atoms with Gasteiger partial charge in [-0.05, 0) is 61.0 Å². The number of phenols is 1. The fraction of sp³-hybridized carbons (Fsp3) is 0.105. The highest BCUT2D eigenvalue weighted by atomic mass is 35.5. The van der Waals surface area contributed by atoms with Crippen molar-refractivity contribution >= 4 is 23.2 Å². The molecule has 1 aromatic heterocycles. The molecule has 0 saturated carbocycles. The standard InChI is InChI=1S/C19H14Cl2FNO2/c1-2-23-18(11-3-5-12(22)6-4-11)15(10-17(21)19(23)25)14-9-13(24)7-8-16(14)20/h3-10,24H,2H2,1H3. The van der Waals surface area contributed by atoms with Crippen LogP contribution in [0.2, 0.25) is 10.0 Å². The first-order valence-electron chi connectivity index (χ1n) is 7.60. The molecule has 0 bridgehead atoms. The second kappa shape index (κ2) is 6.90. The molecule has 0 aliphatic heterocycles. The van der Waals surface area contributed by atoms with E-state index in [-0.39, 0.29) is 22.1 Å². The summed E-state index contributed by atoms with van der Waals surface area (Å²) >= 11 is 12.4. The summed E-state index contributed by atoms with van der Waals surface area (Å²) in [6, 6.07) is 11.9. The smallest absolute Gasteiger partial charge is 0.269 e. The molecule has 6 heteroatoms. The molecule has 0 spiro atoms. The Hall–Kier alpha value is -2.30. The molecule has 128 valence electrons. The molecule has 3 nitrogen and oxygen atoms in total. The molecule has 3 rings (SSSR count). The van der Waals surface area contributed by atoms with Gasteiger partial charge in [-0.2, -0.15) is 0 Å². The minimum atomic E-state index is -0.375. The summed E-state index contributed by atoms with van der Waals surface area (Å²) in [5, 5.41) is 10.3. The maximum Gasteiger partial charge on any atom is 0.269 e. The molecule has 0 aliphatic rings. The van der Waals surface area contributed by atoms with Crippen molar-refractivity contribution in [1.29, 1.82) is 0 Å². The molecule has 0 fully saturated rings. The lowest BCUT2D eigenvalue weighted by molar-refractivity contribution is 0.475. The van der Waals surface area contributed by atoms with Gasteiger partial charge in [0.1, 0.15) is 16.6 Å². The van der Waals surface area contributed by atoms with Crippen LogP contribution in [-0.4, -0.2) is 9.67 Å². The van der Waals surface area contributed by atoms with Gasteiger partial charge in [0.05, 0.1) is 5.69 Å². The summed E-state index contributed by atoms with van der Waals surface area (Å²) in [6.07, 6.45) is 0. The highest BCUT2D eigenvalue weighted by Crippen LogP contribution is 2.38. The molecule has 0 radical (unpaired) electrons. The molecule has 25 heavy (non-hydrogen) atoms. The average Bonchev–Trinajstić information content (AvgIpc) is 2.60. The van der Waals surface area contributed by atoms with Gasteiger partial charge < -0.3 is 9.67 Å². The van der Waals surface area contributed by atoms with Crippen LogP contribution in [-0.2, 0) is 6.54 Å². The van der Waals surface area contributed by atoms with E-state index < -0.39 is 0 Å². The van der Waals surface area contributed by atoms with E-state index >= 15 is 0 Å². The number of aromatic hydroxyl groups is 1. The molecule has 0 unspecified atom stereocenters. The zero-order valence-corrected chi connectivity index (χ0v) is 14.8. The van der Waals surface area contributed by atoms with Crippen LogP contribution in [0.4, 0.5) is 4.39 Å². The third-order valence-electron chi connectivity index (χ3n) is 3.92. The predicted octanol–water partition coefficient (Wildman–Crippen LogP) is 5.35. The normalized spacial score (nSPS) is 10.9. The lowest BCUT2D eigenvalue weighted by Crippen LogP contribution is -2.22. The van der Waals surface area contributed by atoms with Gasteiger partial charge in [-0.3, -0.25) is 4.79 Å². The van der Waals surface area contributed by atoms with Crippen molar-refractivity contribution in [3.8, 4) is 28.1 Å². The SMILES string of the molecule is CCn1c(-c2ccc(F)cc2)c(-c2cc(O)ccc2Cl)cc(Cl)c1=O. The summed E-state index contributed by atoms with van der Waals surface area (Å²) in [6.45, 7) is 2.19. The molecule has 3 aromatic rings. The quantitative estimate of drug-likeness (QED) is 0.667. The third-order valence-corrected chi connectivity index (χ3v) is 4.52. The second-order valence-electron chi connectivity index (χ2n) is 5.48. The zero-order chi connectivity index (χ0) is 18.1. The summed E-state index contributed by atoms with van der Waals surface area (Å²) in [7, 11) is 0. The minimum absolute atomic E-state index is 0.0369. The van der Waals surface area contributed by atoms with Gasteiger partial charge >= 0.3 is 0 Å². The van der Waals surface area contributed by atoms with Crippen molar-refractivity contribution in [3.05, 3.63) is 74.7 Å². The first-order chi connectivity index (χ1) is 11.9. The molecule has 1 heterocycles. The van der Waals surface area contributed by atoms with E-state index in [1.165, 1.54) is 34.9 Å². The molecule has 1 N–H and O–H groups in total. The van der Waals surface area contributed by atoms with Crippen molar-refractivity contribution in [3.63, 3.8) is 0 Å². The lowest BCUT2D eigenvalue weighted by atomic mass is 9.98. The van der Waals surface area contributed by atoms with E-state index in [1.54, 1.807) is 18.2 Å². The number of hydrogen-bond acceptors (Lipinski definition) is 2. The number of halogens is 3. The molecule has 0 atom stereocenters. The monoisotopic (exact) mass is 377 g/mol. The van der Waals surface area contributed by atoms with Gasteiger partial charge in [-0.15, -0.1) is 0 Å². The molecular weight excluding hydrogens is 364 g/mol. The Balaban J connectivity index is 2.42. The molecule has 0 saturated heterocycles. The lowest BCUT2D eigenvalue weighted by Gasteiger charge is -2.18. The number of phenolic OH excluding ortho intramolecular Hbond substituents is 1. The first-order valence-corrected chi connectivity index (χ1v) is 8.36. The van der Waals surface area contributed by atoms with Gasteiger partial charge in [0.2, 0.25) is 0 Å². The first kappa shape index (κ1) is 17.5. The van der Waals surface area contributed by atoms with Crippen LogP contribution in [0.3, 0.4) is 0 Å². The maximum absolute atomic E-state index is 13.3. The van der Waals surface area contributed by atoms with Crippen molar-refractivity contribution in [2.75, 3.05) is 0 Å². The Morgan fingerprint density at radius 3 is 2.32 bits per heavy atom. The summed E-state index contributed by atoms with van der Waals surface area (Å²) in [5.74, 6) is -0.338. The van der Waals surface area contributed by atoms with Crippen LogP contribution >= 0.6 is 23.2 Å². The minimum Gasteiger partial charge on any atom is -0.508 e. The van der Waals surface area contributed by atoms with Crippen LogP contribution < -0.4 is 5.56 Å². The van der Waals surface area contributed by atoms with E-state index in [9.17, 15) is 14.3 Å². The van der Waals surface area contributed by atoms with Crippen molar-refractivity contribution in [1.82, 2.24) is 4.57 Å². The Labute approximate surface area is 153 Å². The molecule has 0 aliphatic carbocycles. The molecule has 0 amide bonds. The number of aromatic nitrogens is 1. The fourth-order valence-electron chi connectivity index (χ4n) is 2.78. The molecular formula is C19H14Cl2FNO2. The zero-order valence-electron chi connectivity index (χ0n) is 13.3. The van der Waals surface area contributed by atoms with Crippen LogP contribution in [0.5, 0.6) is 5.75 Å². The van der Waals surface area contributed by atoms with Crippen molar-refractivity contribution in [2.45, 2.75) is 13.5 Å². The van der Waals surface area contributed by atoms with Gasteiger partial charge in [-0.1, -0.05) is 23.2 Å². The van der Waals surface area contributed by atoms with Crippen molar-refractivity contribution < 1.29 is 9.50 Å². The summed E-state index contributed by atoms with van der Waals surface area (Å²) < 4.78 is 14.8. The van der Waals surface area contributed by atoms with Gasteiger partial charge in [-0.25, -0.2) is 4.39 Å². The van der Waals surface area contributed by atoms with Gasteiger partial charge in [0, 0.05) is 22.7 Å². The summed E-state index contributed by atoms with van der Waals surface area (Å²) in [4.78, 5) is 12.5. The molecule has 2 aromatic carbocycles. The Morgan fingerprint density at radius 2 is 1.68 bits per heavy atom. The number of rotatable bonds is 3. The van der Waals surface area contributed by atoms with Crippen LogP contribution in [0.1, 0.15) is 6.92 Å². The largest absolute Gasteiger partial charge is 0.508 e. The fourth-order valence-corrected chi connectivity index (χ4v) is 3.21. The van der Waals surface area contributed by atoms with Gasteiger partial charge in [0.25, 0.3) is 5.56 Å². The average molecular weight is 378 g/mol. The van der Waals surface area contributed by atoms with E-state index in [0.29, 0.717) is 34.0 Å². The maximum atomic E-state index is 13.3. The van der Waals surface area contributed by atoms with Crippen molar-refractivity contribution in [2.24, 2.45) is 0 Å². The number of pyridine rings is 1. The highest BCUT2D eigenvalue weighted by Gasteiger charge is 2.18. The highest BCUT2D eigenvalue weighted by molar-refractivity contribution is 6.34. The second-order valence-corrected chi connectivity index (χ2v) is 6.29. The van der Waals surface area contributed by atoms with E-state index in [0.717, 1.165) is 0 Å². The number of nitrogens with zero attached hydrogens (tertiary/aromatic N) is 1. The van der Waals surface area contributed by atoms with Gasteiger partial charge in [0.15, 0.2) is 0 Å². The predicted molar refractivity (Wildman–Crippen MR) is 98.9 cm³/mol. The van der Waals surface area contributed by atoms with E-state index in [1.807, 2.05) is 6.92 Å². The van der Waals surface area contributed by atoms with E-state index in [4.69, 9.17) is 23.2 Å².